The Hall–Kier alpha value is -1.60. The third-order valence-corrected chi connectivity index (χ3v) is 2.96. The molecule has 1 aromatic rings. The minimum absolute atomic E-state index is 0.330. The molecule has 1 aliphatic rings. The number of rotatable bonds is 5. The highest BCUT2D eigenvalue weighted by Crippen LogP contribution is 2.32. The summed E-state index contributed by atoms with van der Waals surface area (Å²) in [5.74, 6) is 3.48. The van der Waals surface area contributed by atoms with Gasteiger partial charge in [-0.1, -0.05) is 31.9 Å². The van der Waals surface area contributed by atoms with Gasteiger partial charge in [0.15, 0.2) is 0 Å². The monoisotopic (exact) mass is 242 g/mol. The van der Waals surface area contributed by atoms with E-state index < -0.39 is 0 Å². The molecule has 1 aromatic carbocycles. The van der Waals surface area contributed by atoms with Crippen molar-refractivity contribution in [3.8, 4) is 11.5 Å². The van der Waals surface area contributed by atoms with Gasteiger partial charge in [0.1, 0.15) is 11.5 Å². The van der Waals surface area contributed by atoms with Gasteiger partial charge >= 0.3 is 7.12 Å². The van der Waals surface area contributed by atoms with E-state index in [2.05, 4.69) is 19.6 Å². The highest BCUT2D eigenvalue weighted by Gasteiger charge is 2.28. The van der Waals surface area contributed by atoms with Crippen LogP contribution < -0.4 is 9.31 Å². The third kappa shape index (κ3) is 3.45. The maximum absolute atomic E-state index is 5.63. The van der Waals surface area contributed by atoms with Crippen molar-refractivity contribution in [1.29, 1.82) is 0 Å². The third-order valence-electron chi connectivity index (χ3n) is 2.96. The first-order chi connectivity index (χ1) is 8.79. The summed E-state index contributed by atoms with van der Waals surface area (Å²) in [5, 5.41) is 0. The average molecular weight is 242 g/mol. The quantitative estimate of drug-likeness (QED) is 0.438. The number of allylic oxidation sites excluding steroid dienone is 1. The summed E-state index contributed by atoms with van der Waals surface area (Å²) < 4.78 is 11.3. The number of benzene rings is 1. The smallest absolute Gasteiger partial charge is 0.519 e. The van der Waals surface area contributed by atoms with Gasteiger partial charge < -0.3 is 9.31 Å². The molecule has 0 saturated heterocycles. The second-order valence-electron chi connectivity index (χ2n) is 4.60. The van der Waals surface area contributed by atoms with Crippen molar-refractivity contribution in [1.82, 2.24) is 0 Å². The van der Waals surface area contributed by atoms with Crippen molar-refractivity contribution in [2.45, 2.75) is 39.5 Å². The van der Waals surface area contributed by atoms with E-state index in [9.17, 15) is 0 Å². The molecule has 0 amide bonds. The Morgan fingerprint density at radius 3 is 2.50 bits per heavy atom. The summed E-state index contributed by atoms with van der Waals surface area (Å²) in [6.45, 7) is 4.32. The lowest BCUT2D eigenvalue weighted by molar-refractivity contribution is 0.517. The second-order valence-corrected chi connectivity index (χ2v) is 4.60. The van der Waals surface area contributed by atoms with Crippen LogP contribution in [-0.2, 0) is 0 Å². The molecule has 0 bridgehead atoms. The summed E-state index contributed by atoms with van der Waals surface area (Å²) >= 11 is 0. The summed E-state index contributed by atoms with van der Waals surface area (Å²) in [5.41, 5.74) is 4.52. The van der Waals surface area contributed by atoms with Crippen LogP contribution in [0.2, 0.25) is 0 Å². The molecule has 2 nitrogen and oxygen atoms in total. The maximum Gasteiger partial charge on any atom is 0.633 e. The zero-order valence-corrected chi connectivity index (χ0v) is 11.1. The Bertz CT molecular complexity index is 436. The molecule has 0 atom stereocenters. The van der Waals surface area contributed by atoms with E-state index in [4.69, 9.17) is 9.31 Å². The van der Waals surface area contributed by atoms with E-state index in [0.29, 0.717) is 0 Å². The number of hydrogen-bond acceptors (Lipinski definition) is 2. The second kappa shape index (κ2) is 6.37. The molecule has 0 unspecified atom stereocenters. The molecule has 94 valence electrons. The molecule has 0 fully saturated rings. The van der Waals surface area contributed by atoms with Crippen molar-refractivity contribution in [3.63, 3.8) is 0 Å². The van der Waals surface area contributed by atoms with Gasteiger partial charge in [0.2, 0.25) is 0 Å². The molecule has 0 radical (unpaired) electrons. The van der Waals surface area contributed by atoms with Gasteiger partial charge in [-0.15, -0.1) is 5.73 Å². The predicted molar refractivity (Wildman–Crippen MR) is 74.9 cm³/mol. The minimum Gasteiger partial charge on any atom is -0.519 e. The SMILES string of the molecule is CCCCCC(C)=C=CB1Oc2ccccc2O1. The van der Waals surface area contributed by atoms with Gasteiger partial charge in [-0.05, 0) is 37.5 Å². The van der Waals surface area contributed by atoms with Gasteiger partial charge in [-0.25, -0.2) is 0 Å². The van der Waals surface area contributed by atoms with Crippen molar-refractivity contribution < 1.29 is 9.31 Å². The van der Waals surface area contributed by atoms with E-state index in [0.717, 1.165) is 17.9 Å². The first-order valence-electron chi connectivity index (χ1n) is 6.64. The number of unbranched alkanes of at least 4 members (excludes halogenated alkanes) is 2. The van der Waals surface area contributed by atoms with Crippen LogP contribution >= 0.6 is 0 Å². The van der Waals surface area contributed by atoms with Crippen LogP contribution in [0.15, 0.2) is 41.5 Å². The summed E-state index contributed by atoms with van der Waals surface area (Å²) in [4.78, 5) is 0. The topological polar surface area (TPSA) is 18.5 Å². The Kier molecular flexibility index (Phi) is 4.55. The lowest BCUT2D eigenvalue weighted by atomic mass is 9.90. The highest BCUT2D eigenvalue weighted by atomic mass is 16.6. The lowest BCUT2D eigenvalue weighted by Gasteiger charge is -1.98. The molecule has 18 heavy (non-hydrogen) atoms. The fourth-order valence-corrected chi connectivity index (χ4v) is 1.91. The molecular weight excluding hydrogens is 223 g/mol. The fourth-order valence-electron chi connectivity index (χ4n) is 1.91. The van der Waals surface area contributed by atoms with Crippen LogP contribution in [0.3, 0.4) is 0 Å². The standard InChI is InChI=1S/C15H19BO2/c1-3-4-5-8-13(2)11-12-16-17-14-9-6-7-10-15(14)18-16/h6-7,9-10,12H,3-5,8H2,1-2H3. The van der Waals surface area contributed by atoms with Gasteiger partial charge in [0, 0.05) is 5.98 Å². The number of fused-ring (bicyclic) bond motifs is 1. The van der Waals surface area contributed by atoms with Crippen LogP contribution in [0.4, 0.5) is 0 Å². The minimum atomic E-state index is -0.330. The maximum atomic E-state index is 5.63. The van der Waals surface area contributed by atoms with E-state index in [1.807, 2.05) is 30.2 Å². The molecule has 0 saturated carbocycles. The van der Waals surface area contributed by atoms with Gasteiger partial charge in [-0.3, -0.25) is 0 Å². The summed E-state index contributed by atoms with van der Waals surface area (Å²) in [7, 11) is -0.330. The fraction of sp³-hybridized carbons (Fsp3) is 0.400. The summed E-state index contributed by atoms with van der Waals surface area (Å²) in [6.07, 6.45) is 4.86. The van der Waals surface area contributed by atoms with Crippen molar-refractivity contribution >= 4 is 7.12 Å². The van der Waals surface area contributed by atoms with Crippen molar-refractivity contribution in [3.05, 3.63) is 41.5 Å². The Morgan fingerprint density at radius 1 is 1.22 bits per heavy atom. The zero-order valence-electron chi connectivity index (χ0n) is 11.1. The van der Waals surface area contributed by atoms with Gasteiger partial charge in [0.05, 0.1) is 0 Å². The molecule has 0 aliphatic carbocycles. The van der Waals surface area contributed by atoms with E-state index >= 15 is 0 Å². The lowest BCUT2D eigenvalue weighted by Crippen LogP contribution is -2.21. The van der Waals surface area contributed by atoms with E-state index in [1.165, 1.54) is 24.8 Å². The Balaban J connectivity index is 1.90. The molecule has 1 heterocycles. The largest absolute Gasteiger partial charge is 0.633 e. The van der Waals surface area contributed by atoms with Gasteiger partial charge in [-0.2, -0.15) is 0 Å². The van der Waals surface area contributed by atoms with Crippen LogP contribution in [0, 0.1) is 0 Å². The van der Waals surface area contributed by atoms with Crippen LogP contribution in [0.25, 0.3) is 0 Å². The molecule has 0 N–H and O–H groups in total. The average Bonchev–Trinajstić information content (AvgIpc) is 2.79. The van der Waals surface area contributed by atoms with Crippen LogP contribution in [0.5, 0.6) is 11.5 Å². The Morgan fingerprint density at radius 2 is 1.89 bits per heavy atom. The molecular formula is C15H19BO2. The predicted octanol–water partition coefficient (Wildman–Crippen LogP) is 4.17. The normalized spacial score (nSPS) is 12.2. The number of hydrogen-bond donors (Lipinski definition) is 0. The van der Waals surface area contributed by atoms with E-state index in [1.54, 1.807) is 0 Å². The molecule has 3 heteroatoms. The molecule has 0 aromatic heterocycles. The molecule has 0 spiro atoms. The van der Waals surface area contributed by atoms with Gasteiger partial charge in [0.25, 0.3) is 0 Å². The summed E-state index contributed by atoms with van der Waals surface area (Å²) in [6, 6.07) is 7.72. The number of para-hydroxylation sites is 2. The Labute approximate surface area is 109 Å². The highest BCUT2D eigenvalue weighted by molar-refractivity contribution is 6.53. The van der Waals surface area contributed by atoms with Crippen LogP contribution in [-0.4, -0.2) is 7.12 Å². The van der Waals surface area contributed by atoms with Crippen LogP contribution in [0.1, 0.15) is 39.5 Å². The van der Waals surface area contributed by atoms with Crippen molar-refractivity contribution in [2.24, 2.45) is 0 Å². The first-order valence-corrected chi connectivity index (χ1v) is 6.64. The zero-order chi connectivity index (χ0) is 12.8. The van der Waals surface area contributed by atoms with E-state index in [-0.39, 0.29) is 7.12 Å². The molecule has 1 aliphatic heterocycles. The molecule has 2 rings (SSSR count). The first kappa shape index (κ1) is 12.9. The van der Waals surface area contributed by atoms with Crippen molar-refractivity contribution in [2.75, 3.05) is 0 Å².